The molecule has 4 rings (SSSR count). The molecule has 2 amide bonds. The van der Waals surface area contributed by atoms with Crippen molar-refractivity contribution in [3.8, 4) is 0 Å². The van der Waals surface area contributed by atoms with Crippen LogP contribution in [0.4, 0.5) is 8.78 Å². The van der Waals surface area contributed by atoms with Crippen molar-refractivity contribution in [3.05, 3.63) is 35.4 Å². The van der Waals surface area contributed by atoms with E-state index in [9.17, 15) is 23.2 Å². The zero-order chi connectivity index (χ0) is 22.4. The van der Waals surface area contributed by atoms with Crippen LogP contribution in [0.15, 0.2) is 24.3 Å². The lowest BCUT2D eigenvalue weighted by Gasteiger charge is -2.45. The molecule has 2 saturated carbocycles. The second-order valence-electron chi connectivity index (χ2n) is 9.33. The molecule has 6 nitrogen and oxygen atoms in total. The molecule has 2 fully saturated rings. The molecule has 1 heterocycles. The van der Waals surface area contributed by atoms with Crippen LogP contribution >= 0.6 is 12.0 Å². The fourth-order valence-corrected chi connectivity index (χ4v) is 5.86. The molecule has 2 atom stereocenters. The quantitative estimate of drug-likeness (QED) is 0.348. The number of hydroxylamine groups is 2. The first-order valence-corrected chi connectivity index (χ1v) is 11.2. The minimum Gasteiger partial charge on any atom is -0.458 e. The van der Waals surface area contributed by atoms with E-state index in [4.69, 9.17) is 9.02 Å². The number of fused-ring (bicyclic) bond motifs is 3. The van der Waals surface area contributed by atoms with E-state index in [2.05, 4.69) is 6.92 Å². The number of halogens is 2. The lowest BCUT2D eigenvalue weighted by molar-refractivity contribution is -0.166. The van der Waals surface area contributed by atoms with Gasteiger partial charge in [0.2, 0.25) is 0 Å². The molecule has 1 aromatic carbocycles. The number of hydrogen-bond acceptors (Lipinski definition) is 6. The topological polar surface area (TPSA) is 72.9 Å². The number of hydrogen-bond donors (Lipinski definition) is 0. The number of ether oxygens (including phenoxy) is 1. The molecule has 1 aromatic rings. The third-order valence-electron chi connectivity index (χ3n) is 6.47. The summed E-state index contributed by atoms with van der Waals surface area (Å²) in [6.45, 7) is 2.82. The summed E-state index contributed by atoms with van der Waals surface area (Å²) in [6.07, 6.45) is 4.50. The molecule has 31 heavy (non-hydrogen) atoms. The van der Waals surface area contributed by atoms with E-state index in [0.717, 1.165) is 19.3 Å². The normalized spacial score (nSPS) is 30.3. The summed E-state index contributed by atoms with van der Waals surface area (Å²) in [5.41, 5.74) is -0.585. The predicted octanol–water partition coefficient (Wildman–Crippen LogP) is 4.85. The van der Waals surface area contributed by atoms with Gasteiger partial charge in [-0.25, -0.2) is 0 Å². The lowest BCUT2D eigenvalue weighted by Crippen LogP contribution is -2.42. The standard InChI is InChI=1S/C22H25F2NO5S/c1-13-7-14-9-15(8-13)11-21(2,10-14)20(28)29-12-22(23,24)31-30-25-18(26)16-5-3-4-6-17(16)19(25)27/h3-6,13-15H,7-12H2,1-2H3. The van der Waals surface area contributed by atoms with Crippen molar-refractivity contribution in [3.63, 3.8) is 0 Å². The van der Waals surface area contributed by atoms with Crippen LogP contribution in [-0.2, 0) is 13.8 Å². The van der Waals surface area contributed by atoms with Crippen molar-refractivity contribution in [1.29, 1.82) is 0 Å². The Morgan fingerprint density at radius 2 is 1.68 bits per heavy atom. The third kappa shape index (κ3) is 4.48. The number of alkyl halides is 2. The maximum atomic E-state index is 14.3. The summed E-state index contributed by atoms with van der Waals surface area (Å²) < 4.78 is 38.4. The zero-order valence-corrected chi connectivity index (χ0v) is 18.3. The molecule has 9 heteroatoms. The van der Waals surface area contributed by atoms with E-state index >= 15 is 0 Å². The highest BCUT2D eigenvalue weighted by Crippen LogP contribution is 2.51. The molecule has 2 aliphatic carbocycles. The number of benzene rings is 1. The first-order chi connectivity index (χ1) is 14.6. The molecular weight excluding hydrogens is 428 g/mol. The van der Waals surface area contributed by atoms with Crippen LogP contribution in [0, 0.1) is 23.2 Å². The SMILES string of the molecule is CC1CC2CC(C1)CC(C)(C(=O)OCC(F)(F)SON1C(=O)c3ccccc3C1=O)C2. The molecule has 1 aliphatic heterocycles. The Hall–Kier alpha value is -2.00. The molecule has 0 N–H and O–H groups in total. The zero-order valence-electron chi connectivity index (χ0n) is 17.4. The largest absolute Gasteiger partial charge is 0.458 e. The molecule has 2 unspecified atom stereocenters. The number of carbonyl (C=O) groups excluding carboxylic acids is 3. The van der Waals surface area contributed by atoms with E-state index in [1.54, 1.807) is 19.1 Å². The van der Waals surface area contributed by atoms with Gasteiger partial charge in [0, 0.05) is 0 Å². The Bertz CT molecular complexity index is 855. The summed E-state index contributed by atoms with van der Waals surface area (Å²) in [7, 11) is 0. The fourth-order valence-electron chi connectivity index (χ4n) is 5.43. The molecule has 0 spiro atoms. The van der Waals surface area contributed by atoms with Crippen LogP contribution < -0.4 is 0 Å². The number of carbonyl (C=O) groups is 3. The van der Waals surface area contributed by atoms with Gasteiger partial charge in [0.05, 0.1) is 16.5 Å². The van der Waals surface area contributed by atoms with Crippen LogP contribution in [0.5, 0.6) is 0 Å². The van der Waals surface area contributed by atoms with Crippen LogP contribution in [0.1, 0.15) is 66.7 Å². The van der Waals surface area contributed by atoms with Crippen molar-refractivity contribution in [2.45, 2.75) is 51.2 Å². The van der Waals surface area contributed by atoms with E-state index in [1.807, 2.05) is 0 Å². The Morgan fingerprint density at radius 1 is 1.13 bits per heavy atom. The predicted molar refractivity (Wildman–Crippen MR) is 109 cm³/mol. The van der Waals surface area contributed by atoms with E-state index in [0.29, 0.717) is 35.7 Å². The number of rotatable bonds is 6. The Balaban J connectivity index is 1.31. The van der Waals surface area contributed by atoms with Gasteiger partial charge in [-0.1, -0.05) is 19.1 Å². The van der Waals surface area contributed by atoms with Gasteiger partial charge in [0.15, 0.2) is 6.61 Å². The highest BCUT2D eigenvalue weighted by molar-refractivity contribution is 7.95. The van der Waals surface area contributed by atoms with Gasteiger partial charge in [-0.3, -0.25) is 14.4 Å². The second-order valence-corrected chi connectivity index (χ2v) is 10.2. The maximum absolute atomic E-state index is 14.3. The minimum absolute atomic E-state index is 0.0907. The van der Waals surface area contributed by atoms with Crippen molar-refractivity contribution >= 4 is 29.8 Å². The number of nitrogens with zero attached hydrogens (tertiary/aromatic N) is 1. The molecule has 0 saturated heterocycles. The van der Waals surface area contributed by atoms with E-state index in [1.165, 1.54) is 12.1 Å². The van der Waals surface area contributed by atoms with Gasteiger partial charge < -0.3 is 4.74 Å². The van der Waals surface area contributed by atoms with Gasteiger partial charge in [0.1, 0.15) is 12.0 Å². The second kappa shape index (κ2) is 8.16. The average Bonchev–Trinajstić information content (AvgIpc) is 2.94. The van der Waals surface area contributed by atoms with Crippen molar-refractivity contribution in [1.82, 2.24) is 5.06 Å². The van der Waals surface area contributed by atoms with Gasteiger partial charge >= 0.3 is 11.2 Å². The Kier molecular flexibility index (Phi) is 5.85. The highest BCUT2D eigenvalue weighted by Gasteiger charge is 2.47. The molecule has 2 bridgehead atoms. The summed E-state index contributed by atoms with van der Waals surface area (Å²) in [5, 5.41) is -3.32. The molecule has 168 valence electrons. The minimum atomic E-state index is -3.62. The van der Waals surface area contributed by atoms with Crippen LogP contribution in [0.2, 0.25) is 0 Å². The molecule has 0 aromatic heterocycles. The lowest BCUT2D eigenvalue weighted by atomic mass is 9.59. The Morgan fingerprint density at radius 3 is 2.23 bits per heavy atom. The van der Waals surface area contributed by atoms with Gasteiger partial charge in [-0.2, -0.15) is 13.1 Å². The average molecular weight is 454 g/mol. The molecule has 3 aliphatic rings. The Labute approximate surface area is 183 Å². The van der Waals surface area contributed by atoms with E-state index in [-0.39, 0.29) is 23.2 Å². The van der Waals surface area contributed by atoms with Crippen molar-refractivity contribution in [2.24, 2.45) is 23.2 Å². The van der Waals surface area contributed by atoms with Crippen molar-refractivity contribution < 1.29 is 32.2 Å². The van der Waals surface area contributed by atoms with E-state index < -0.39 is 35.1 Å². The number of amides is 2. The first kappa shape index (κ1) is 22.2. The van der Waals surface area contributed by atoms with Crippen LogP contribution in [0.3, 0.4) is 0 Å². The van der Waals surface area contributed by atoms with Gasteiger partial charge in [0.25, 0.3) is 11.8 Å². The van der Waals surface area contributed by atoms with Crippen LogP contribution in [0.25, 0.3) is 0 Å². The highest BCUT2D eigenvalue weighted by atomic mass is 32.2. The third-order valence-corrected chi connectivity index (χ3v) is 7.06. The first-order valence-electron chi connectivity index (χ1n) is 10.5. The molecule has 0 radical (unpaired) electrons. The summed E-state index contributed by atoms with van der Waals surface area (Å²) in [6, 6.07) is 5.97. The number of esters is 1. The maximum Gasteiger partial charge on any atom is 0.353 e. The fraction of sp³-hybridized carbons (Fsp3) is 0.591. The summed E-state index contributed by atoms with van der Waals surface area (Å²) >= 11 is -0.368. The van der Waals surface area contributed by atoms with Crippen molar-refractivity contribution in [2.75, 3.05) is 6.61 Å². The molecular formula is C22H25F2NO5S. The van der Waals surface area contributed by atoms with Crippen LogP contribution in [-0.4, -0.2) is 34.7 Å². The monoisotopic (exact) mass is 453 g/mol. The summed E-state index contributed by atoms with van der Waals surface area (Å²) in [5.74, 6) is -0.769. The van der Waals surface area contributed by atoms with Gasteiger partial charge in [-0.15, -0.1) is 5.06 Å². The summed E-state index contributed by atoms with van der Waals surface area (Å²) in [4.78, 5) is 37.1. The number of imide groups is 1. The van der Waals surface area contributed by atoms with Gasteiger partial charge in [-0.05, 0) is 68.9 Å². The smallest absolute Gasteiger partial charge is 0.353 e.